The number of benzene rings is 3. The lowest BCUT2D eigenvalue weighted by atomic mass is 9.96. The molecule has 0 fully saturated rings. The molecule has 37 heavy (non-hydrogen) atoms. The Bertz CT molecular complexity index is 1430. The number of hydrazone groups is 1. The van der Waals surface area contributed by atoms with Gasteiger partial charge in [0, 0.05) is 36.6 Å². The average Bonchev–Trinajstić information content (AvgIpc) is 3.55. The van der Waals surface area contributed by atoms with Crippen LogP contribution in [0.4, 0.5) is 0 Å². The average molecular weight is 493 g/mol. The standard InChI is InChI=1S/C30H28N4O3/c1-21-15-17-23(18-16-21)30-25(20-33(32-30)24-11-6-3-7-12-24)27-19-26(22-9-4-2-5-10-22)31-34(27)28(35)13-8-14-29(36)37/h2-7,9-12,15-18,20,27H,8,13-14,19H2,1H3,(H,36,37)/t27-/m0/s1. The molecule has 2 heterocycles. The number of aryl methyl sites for hydroxylation is 1. The maximum absolute atomic E-state index is 13.4. The van der Waals surface area contributed by atoms with Crippen molar-refractivity contribution in [2.45, 2.75) is 38.6 Å². The number of hydrogen-bond donors (Lipinski definition) is 1. The summed E-state index contributed by atoms with van der Waals surface area (Å²) >= 11 is 0. The zero-order valence-electron chi connectivity index (χ0n) is 20.6. The van der Waals surface area contributed by atoms with Crippen LogP contribution in [0.5, 0.6) is 0 Å². The first-order valence-electron chi connectivity index (χ1n) is 12.4. The Kier molecular flexibility index (Phi) is 6.94. The van der Waals surface area contributed by atoms with Crippen molar-refractivity contribution in [1.29, 1.82) is 0 Å². The molecule has 1 N–H and O–H groups in total. The van der Waals surface area contributed by atoms with Crippen molar-refractivity contribution in [3.63, 3.8) is 0 Å². The van der Waals surface area contributed by atoms with Gasteiger partial charge in [-0.15, -0.1) is 0 Å². The molecule has 0 unspecified atom stereocenters. The monoisotopic (exact) mass is 492 g/mol. The number of rotatable bonds is 8. The molecule has 0 spiro atoms. The number of nitrogens with zero attached hydrogens (tertiary/aromatic N) is 4. The van der Waals surface area contributed by atoms with E-state index in [1.807, 2.05) is 90.6 Å². The summed E-state index contributed by atoms with van der Waals surface area (Å²) in [7, 11) is 0. The van der Waals surface area contributed by atoms with Crippen molar-refractivity contribution in [2.24, 2.45) is 5.10 Å². The Morgan fingerprint density at radius 2 is 1.57 bits per heavy atom. The first-order valence-corrected chi connectivity index (χ1v) is 12.4. The zero-order chi connectivity index (χ0) is 25.8. The van der Waals surface area contributed by atoms with Gasteiger partial charge < -0.3 is 5.11 Å². The van der Waals surface area contributed by atoms with Gasteiger partial charge in [-0.25, -0.2) is 9.69 Å². The van der Waals surface area contributed by atoms with Crippen LogP contribution in [0.3, 0.4) is 0 Å². The number of carbonyl (C=O) groups excluding carboxylic acids is 1. The van der Waals surface area contributed by atoms with Gasteiger partial charge in [-0.2, -0.15) is 10.2 Å². The highest BCUT2D eigenvalue weighted by Gasteiger charge is 2.36. The minimum absolute atomic E-state index is 0.0555. The molecule has 7 nitrogen and oxygen atoms in total. The molecule has 0 saturated carbocycles. The summed E-state index contributed by atoms with van der Waals surface area (Å²) in [5, 5.41) is 20.3. The number of para-hydroxylation sites is 1. The van der Waals surface area contributed by atoms with E-state index in [0.29, 0.717) is 6.42 Å². The molecule has 0 saturated heterocycles. The van der Waals surface area contributed by atoms with Gasteiger partial charge in [0.05, 0.1) is 23.1 Å². The maximum atomic E-state index is 13.4. The summed E-state index contributed by atoms with van der Waals surface area (Å²) in [5.41, 5.74) is 6.50. The van der Waals surface area contributed by atoms with E-state index in [2.05, 4.69) is 12.1 Å². The third kappa shape index (κ3) is 5.35. The first-order chi connectivity index (χ1) is 18.0. The van der Waals surface area contributed by atoms with Gasteiger partial charge in [0.25, 0.3) is 0 Å². The zero-order valence-corrected chi connectivity index (χ0v) is 20.6. The fourth-order valence-corrected chi connectivity index (χ4v) is 4.57. The van der Waals surface area contributed by atoms with E-state index in [4.69, 9.17) is 15.3 Å². The summed E-state index contributed by atoms with van der Waals surface area (Å²) in [6, 6.07) is 27.5. The number of carbonyl (C=O) groups is 2. The van der Waals surface area contributed by atoms with E-state index in [1.54, 1.807) is 0 Å². The Balaban J connectivity index is 1.57. The molecular formula is C30H28N4O3. The molecule has 0 bridgehead atoms. The van der Waals surface area contributed by atoms with Crippen LogP contribution in [0.2, 0.25) is 0 Å². The highest BCUT2D eigenvalue weighted by molar-refractivity contribution is 6.03. The Labute approximate surface area is 215 Å². The second-order valence-electron chi connectivity index (χ2n) is 9.20. The van der Waals surface area contributed by atoms with Crippen molar-refractivity contribution in [3.8, 4) is 16.9 Å². The summed E-state index contributed by atoms with van der Waals surface area (Å²) in [6.45, 7) is 2.04. The van der Waals surface area contributed by atoms with Crippen LogP contribution >= 0.6 is 0 Å². The molecule has 1 aromatic heterocycles. The predicted molar refractivity (Wildman–Crippen MR) is 142 cm³/mol. The van der Waals surface area contributed by atoms with E-state index < -0.39 is 5.97 Å². The second-order valence-corrected chi connectivity index (χ2v) is 9.20. The Hall–Kier alpha value is -4.52. The number of hydrogen-bond acceptors (Lipinski definition) is 4. The lowest BCUT2D eigenvalue weighted by Gasteiger charge is -2.22. The van der Waals surface area contributed by atoms with Gasteiger partial charge in [-0.05, 0) is 31.0 Å². The van der Waals surface area contributed by atoms with Gasteiger partial charge in [0.15, 0.2) is 0 Å². The topological polar surface area (TPSA) is 87.8 Å². The van der Waals surface area contributed by atoms with E-state index in [0.717, 1.165) is 39.3 Å². The minimum atomic E-state index is -0.912. The Morgan fingerprint density at radius 3 is 2.24 bits per heavy atom. The summed E-state index contributed by atoms with van der Waals surface area (Å²) < 4.78 is 1.85. The normalized spacial score (nSPS) is 15.0. The number of aliphatic carboxylic acids is 1. The van der Waals surface area contributed by atoms with Crippen molar-refractivity contribution >= 4 is 17.6 Å². The van der Waals surface area contributed by atoms with Crippen molar-refractivity contribution in [3.05, 3.63) is 108 Å². The molecule has 186 valence electrons. The molecule has 0 aliphatic carbocycles. The molecule has 5 rings (SSSR count). The lowest BCUT2D eigenvalue weighted by molar-refractivity contribution is -0.137. The van der Waals surface area contributed by atoms with Crippen LogP contribution < -0.4 is 0 Å². The van der Waals surface area contributed by atoms with Crippen LogP contribution in [0.15, 0.2) is 96.2 Å². The van der Waals surface area contributed by atoms with Crippen molar-refractivity contribution in [2.75, 3.05) is 0 Å². The Morgan fingerprint density at radius 1 is 0.892 bits per heavy atom. The summed E-state index contributed by atoms with van der Waals surface area (Å²) in [6.07, 6.45) is 2.84. The summed E-state index contributed by atoms with van der Waals surface area (Å²) in [5.74, 6) is -1.11. The first kappa shape index (κ1) is 24.2. The summed E-state index contributed by atoms with van der Waals surface area (Å²) in [4.78, 5) is 24.4. The van der Waals surface area contributed by atoms with Gasteiger partial charge in [-0.1, -0.05) is 78.4 Å². The maximum Gasteiger partial charge on any atom is 0.303 e. The molecular weight excluding hydrogens is 464 g/mol. The molecule has 1 amide bonds. The van der Waals surface area contributed by atoms with Crippen LogP contribution in [-0.4, -0.2) is 37.5 Å². The van der Waals surface area contributed by atoms with Gasteiger partial charge >= 0.3 is 5.97 Å². The molecule has 0 radical (unpaired) electrons. The minimum Gasteiger partial charge on any atom is -0.481 e. The van der Waals surface area contributed by atoms with E-state index in [1.165, 1.54) is 5.01 Å². The van der Waals surface area contributed by atoms with Crippen LogP contribution in [0, 0.1) is 6.92 Å². The number of amides is 1. The molecule has 1 aliphatic rings. The van der Waals surface area contributed by atoms with Crippen molar-refractivity contribution in [1.82, 2.24) is 14.8 Å². The molecule has 4 aromatic rings. The van der Waals surface area contributed by atoms with E-state index in [-0.39, 0.29) is 31.2 Å². The fourth-order valence-electron chi connectivity index (χ4n) is 4.57. The van der Waals surface area contributed by atoms with Gasteiger partial charge in [-0.3, -0.25) is 9.59 Å². The smallest absolute Gasteiger partial charge is 0.303 e. The molecule has 3 aromatic carbocycles. The quantitative estimate of drug-likeness (QED) is 0.338. The fraction of sp³-hybridized carbons (Fsp3) is 0.200. The number of aromatic nitrogens is 2. The van der Waals surface area contributed by atoms with E-state index >= 15 is 0 Å². The van der Waals surface area contributed by atoms with E-state index in [9.17, 15) is 9.59 Å². The van der Waals surface area contributed by atoms with Gasteiger partial charge in [0.1, 0.15) is 0 Å². The highest BCUT2D eigenvalue weighted by atomic mass is 16.4. The molecule has 1 atom stereocenters. The largest absolute Gasteiger partial charge is 0.481 e. The van der Waals surface area contributed by atoms with Crippen molar-refractivity contribution < 1.29 is 14.7 Å². The van der Waals surface area contributed by atoms with Crippen LogP contribution in [-0.2, 0) is 9.59 Å². The van der Waals surface area contributed by atoms with Crippen LogP contribution in [0.1, 0.15) is 48.4 Å². The van der Waals surface area contributed by atoms with Crippen LogP contribution in [0.25, 0.3) is 16.9 Å². The third-order valence-electron chi connectivity index (χ3n) is 6.50. The molecule has 1 aliphatic heterocycles. The molecule has 7 heteroatoms. The van der Waals surface area contributed by atoms with Gasteiger partial charge in [0.2, 0.25) is 5.91 Å². The number of carboxylic acid groups (broad SMARTS) is 1. The second kappa shape index (κ2) is 10.6. The predicted octanol–water partition coefficient (Wildman–Crippen LogP) is 5.78. The lowest BCUT2D eigenvalue weighted by Crippen LogP contribution is -2.27. The number of carboxylic acids is 1. The third-order valence-corrected chi connectivity index (χ3v) is 6.50. The SMILES string of the molecule is Cc1ccc(-c2nn(-c3ccccc3)cc2[C@@H]2CC(c3ccccc3)=NN2C(=O)CCCC(=O)O)cc1. The highest BCUT2D eigenvalue weighted by Crippen LogP contribution is 2.38.